The monoisotopic (exact) mass is 1050 g/mol. The number of fused-ring (bicyclic) bond motifs is 1. The first-order valence-corrected chi connectivity index (χ1v) is 29.9. The van der Waals surface area contributed by atoms with Gasteiger partial charge in [0.15, 0.2) is 13.2 Å². The molecule has 8 aliphatic heterocycles. The van der Waals surface area contributed by atoms with Gasteiger partial charge in [-0.2, -0.15) is 0 Å². The van der Waals surface area contributed by atoms with Crippen LogP contribution in [0, 0.1) is 92.7 Å². The van der Waals surface area contributed by atoms with Crippen molar-refractivity contribution >= 4 is 35.7 Å². The van der Waals surface area contributed by atoms with E-state index in [-0.39, 0.29) is 80.5 Å². The molecule has 0 spiro atoms. The predicted molar refractivity (Wildman–Crippen MR) is 283 cm³/mol. The first-order chi connectivity index (χ1) is 36.2. The van der Waals surface area contributed by atoms with E-state index in [1.165, 1.54) is 24.3 Å². The van der Waals surface area contributed by atoms with Crippen molar-refractivity contribution < 1.29 is 57.9 Å². The molecule has 8 fully saturated rings. The van der Waals surface area contributed by atoms with E-state index < -0.39 is 49.3 Å². The van der Waals surface area contributed by atoms with Crippen LogP contribution in [0.25, 0.3) is 0 Å². The smallest absolute Gasteiger partial charge is 0.344 e. The van der Waals surface area contributed by atoms with Gasteiger partial charge in [-0.15, -0.1) is 0 Å². The minimum atomic E-state index is -0.737. The highest BCUT2D eigenvalue weighted by Gasteiger charge is 2.65. The molecule has 20 atom stereocenters. The molecule has 4 N–H and O–H groups in total. The van der Waals surface area contributed by atoms with Gasteiger partial charge in [0, 0.05) is 25.9 Å². The number of ether oxygens (including phenoxy) is 4. The fourth-order valence-corrected chi connectivity index (χ4v) is 19.8. The van der Waals surface area contributed by atoms with Crippen LogP contribution in [0.1, 0.15) is 191 Å². The van der Waals surface area contributed by atoms with Gasteiger partial charge in [-0.25, -0.2) is 19.2 Å². The Labute approximate surface area is 451 Å². The van der Waals surface area contributed by atoms with E-state index in [9.17, 15) is 39.0 Å². The second-order valence-electron chi connectivity index (χ2n) is 27.3. The van der Waals surface area contributed by atoms with Crippen LogP contribution in [-0.2, 0) is 38.1 Å². The van der Waals surface area contributed by atoms with E-state index in [0.717, 1.165) is 77.0 Å². The molecule has 8 saturated carbocycles. The Kier molecular flexibility index (Phi) is 15.9. The molecule has 18 bridgehead atoms. The van der Waals surface area contributed by atoms with Crippen molar-refractivity contribution in [2.45, 2.75) is 194 Å². The summed E-state index contributed by atoms with van der Waals surface area (Å²) in [4.78, 5) is 78.6. The first-order valence-electron chi connectivity index (χ1n) is 29.9. The standard InChI is InChI=1S/C62H90N2O12/c1-35-7-17-51(67)63-27-28-64-52(68)18-8-36(2)44-14-16-46-56-48(22-26-62(44,46)6)60(4)24-20-42(30-40(60)32-50(56)66)76-54(70)34-74-58(72)38-11-9-37(10-12-38)57(71)73-33-53(69)75-41-19-23-59(3)39(29-41)31-49(65)55-45-15-13-43(35)61(45,5)25-21-47(55)59/h9-12,35-36,39-50,55-56,65-66H,7-8,13-34H2,1-6H3,(H,63,67)(H,64,68)/t35-,36-,39+,40+,41-,42-,43-,44-,45+,46+,47+,48+,49-,50-,55+,56+,59+,60+,61-,62-/m1/s1. The minimum absolute atomic E-state index is 0.0227. The van der Waals surface area contributed by atoms with E-state index in [2.05, 4.69) is 52.2 Å². The molecule has 0 unspecified atom stereocenters. The highest BCUT2D eigenvalue weighted by Crippen LogP contribution is 2.70. The molecule has 0 aromatic heterocycles. The summed E-state index contributed by atoms with van der Waals surface area (Å²) >= 11 is 0. The van der Waals surface area contributed by atoms with Crippen molar-refractivity contribution in [1.29, 1.82) is 0 Å². The van der Waals surface area contributed by atoms with Crippen molar-refractivity contribution in [2.24, 2.45) is 92.7 Å². The largest absolute Gasteiger partial charge is 0.460 e. The molecular weight excluding hydrogens is 965 g/mol. The number of nitrogens with one attached hydrogen (secondary N) is 2. The van der Waals surface area contributed by atoms with Gasteiger partial charge in [0.05, 0.1) is 23.3 Å². The molecule has 0 saturated heterocycles. The van der Waals surface area contributed by atoms with Gasteiger partial charge < -0.3 is 39.8 Å². The number of carbonyl (C=O) groups is 6. The summed E-state index contributed by atoms with van der Waals surface area (Å²) in [5, 5.41) is 30.2. The minimum Gasteiger partial charge on any atom is -0.460 e. The van der Waals surface area contributed by atoms with Gasteiger partial charge in [0.1, 0.15) is 12.2 Å². The van der Waals surface area contributed by atoms with Crippen molar-refractivity contribution in [1.82, 2.24) is 10.6 Å². The number of amides is 2. The zero-order valence-electron chi connectivity index (χ0n) is 46.5. The van der Waals surface area contributed by atoms with Crippen LogP contribution in [-0.4, -0.2) is 96.6 Å². The van der Waals surface area contributed by atoms with E-state index in [1.807, 2.05) is 0 Å². The van der Waals surface area contributed by atoms with Gasteiger partial charge in [0.2, 0.25) is 11.8 Å². The van der Waals surface area contributed by atoms with Crippen LogP contribution in [0.4, 0.5) is 0 Å². The van der Waals surface area contributed by atoms with Crippen molar-refractivity contribution in [3.63, 3.8) is 0 Å². The van der Waals surface area contributed by atoms with E-state index in [0.29, 0.717) is 112 Å². The lowest BCUT2D eigenvalue weighted by Gasteiger charge is -2.62. The van der Waals surface area contributed by atoms with E-state index in [1.54, 1.807) is 0 Å². The molecular formula is C62H90N2O12. The van der Waals surface area contributed by atoms with Crippen LogP contribution < -0.4 is 10.6 Å². The number of hydrogen-bond donors (Lipinski definition) is 4. The third kappa shape index (κ3) is 10.4. The van der Waals surface area contributed by atoms with Crippen LogP contribution in [0.5, 0.6) is 0 Å². The Bertz CT molecular complexity index is 2180. The Morgan fingerprint density at radius 3 is 1.21 bits per heavy atom. The zero-order valence-corrected chi connectivity index (χ0v) is 46.5. The highest BCUT2D eigenvalue weighted by molar-refractivity contribution is 5.94. The lowest BCUT2D eigenvalue weighted by molar-refractivity contribution is -0.184. The summed E-state index contributed by atoms with van der Waals surface area (Å²) in [6.07, 6.45) is 15.6. The summed E-state index contributed by atoms with van der Waals surface area (Å²) in [5.41, 5.74) is 0.524. The molecule has 8 aliphatic carbocycles. The average molecular weight is 1060 g/mol. The predicted octanol–water partition coefficient (Wildman–Crippen LogP) is 9.16. The maximum Gasteiger partial charge on any atom is 0.344 e. The van der Waals surface area contributed by atoms with Gasteiger partial charge in [-0.3, -0.25) is 9.59 Å². The maximum atomic E-state index is 13.2. The van der Waals surface area contributed by atoms with Crippen molar-refractivity contribution in [3.05, 3.63) is 35.4 Å². The van der Waals surface area contributed by atoms with Gasteiger partial charge in [-0.05, 0) is 233 Å². The fourth-order valence-electron chi connectivity index (χ4n) is 19.8. The van der Waals surface area contributed by atoms with Crippen LogP contribution >= 0.6 is 0 Å². The number of aliphatic hydroxyl groups is 2. The topological polar surface area (TPSA) is 204 Å². The number of rotatable bonds is 0. The van der Waals surface area contributed by atoms with Crippen LogP contribution in [0.3, 0.4) is 0 Å². The number of hydrogen-bond acceptors (Lipinski definition) is 12. The summed E-state index contributed by atoms with van der Waals surface area (Å²) in [6, 6.07) is 5.66. The van der Waals surface area contributed by atoms with Gasteiger partial charge >= 0.3 is 23.9 Å². The van der Waals surface area contributed by atoms with Crippen LogP contribution in [0.15, 0.2) is 24.3 Å². The zero-order chi connectivity index (χ0) is 53.9. The molecule has 16 aliphatic rings. The number of carbonyl (C=O) groups excluding carboxylic acids is 6. The molecule has 8 heterocycles. The quantitative estimate of drug-likeness (QED) is 0.142. The van der Waals surface area contributed by atoms with E-state index in [4.69, 9.17) is 18.9 Å². The molecule has 14 heteroatoms. The van der Waals surface area contributed by atoms with Crippen molar-refractivity contribution in [3.8, 4) is 0 Å². The highest BCUT2D eigenvalue weighted by atomic mass is 16.6. The third-order valence-electron chi connectivity index (χ3n) is 23.8. The summed E-state index contributed by atoms with van der Waals surface area (Å²) in [6.45, 7) is 14.1. The van der Waals surface area contributed by atoms with E-state index >= 15 is 0 Å². The molecule has 14 nitrogen and oxygen atoms in total. The molecule has 1 aromatic carbocycles. The Balaban J connectivity index is 0.784. The molecule has 2 amide bonds. The van der Waals surface area contributed by atoms with Gasteiger partial charge in [-0.1, -0.05) is 41.5 Å². The second-order valence-corrected chi connectivity index (χ2v) is 27.3. The average Bonchev–Trinajstić information content (AvgIpc) is 3.97. The molecule has 0 radical (unpaired) electrons. The molecule has 76 heavy (non-hydrogen) atoms. The Hall–Kier alpha value is -4.04. The first kappa shape index (κ1) is 55.3. The summed E-state index contributed by atoms with van der Waals surface area (Å²) < 4.78 is 22.5. The lowest BCUT2D eigenvalue weighted by Crippen LogP contribution is -2.58. The lowest BCUT2D eigenvalue weighted by atomic mass is 9.43. The SMILES string of the molecule is C[C@@H]1CCC(=O)NCCNC(=O)CC[C@@H](C)[C@H]2CC[C@H]3[C@@H]4[C@H](O)C[C@@H]5C[C@@H](CC[C@]5(C)[C@H]4CC[C@]23C)OC(=O)COC(=O)c2ccc(cc2)C(=O)OCC(=O)O[C@@H]2CC[C@@]3(C)[C@@H](C2)C[C@@H](O)[C@@H]2[C@@H]3CC[C@]3(C)[C@@H]1CC[C@@H]23. The Morgan fingerprint density at radius 1 is 0.461 bits per heavy atom. The number of benzene rings is 1. The van der Waals surface area contributed by atoms with Crippen molar-refractivity contribution in [2.75, 3.05) is 26.3 Å². The summed E-state index contributed by atoms with van der Waals surface area (Å²) in [5.74, 6) is 1.47. The summed E-state index contributed by atoms with van der Waals surface area (Å²) in [7, 11) is 0. The number of aliphatic hydroxyl groups excluding tert-OH is 2. The third-order valence-corrected chi connectivity index (χ3v) is 23.8. The molecule has 17 rings (SSSR count). The maximum absolute atomic E-state index is 13.2. The fraction of sp³-hybridized carbons (Fsp3) is 0.806. The Morgan fingerprint density at radius 2 is 0.816 bits per heavy atom. The molecule has 420 valence electrons. The number of esters is 4. The van der Waals surface area contributed by atoms with Gasteiger partial charge in [0.25, 0.3) is 0 Å². The van der Waals surface area contributed by atoms with Crippen LogP contribution in [0.2, 0.25) is 0 Å². The molecule has 1 aromatic rings. The normalized spacial score (nSPS) is 45.9. The second kappa shape index (κ2) is 21.9.